The third-order valence-corrected chi connectivity index (χ3v) is 7.33. The van der Waals surface area contributed by atoms with Crippen LogP contribution in [0.25, 0.3) is 0 Å². The Morgan fingerprint density at radius 2 is 2.04 bits per heavy atom. The number of aryl methyl sites for hydroxylation is 1. The van der Waals surface area contributed by atoms with E-state index in [4.69, 9.17) is 4.74 Å². The van der Waals surface area contributed by atoms with E-state index in [2.05, 4.69) is 26.0 Å². The molecule has 2 saturated heterocycles. The molecule has 4 nitrogen and oxygen atoms in total. The Balaban J connectivity index is 1.87. The molecule has 1 aromatic rings. The molecule has 0 spiro atoms. The summed E-state index contributed by atoms with van der Waals surface area (Å²) in [6, 6.07) is 6.23. The maximum atomic E-state index is 13.0. The van der Waals surface area contributed by atoms with E-state index in [9.17, 15) is 8.42 Å². The molecule has 0 N–H and O–H groups in total. The van der Waals surface area contributed by atoms with Gasteiger partial charge < -0.3 is 4.74 Å². The van der Waals surface area contributed by atoms with Gasteiger partial charge >= 0.3 is 0 Å². The molecule has 128 valence electrons. The normalized spacial score (nSPS) is 26.5. The van der Waals surface area contributed by atoms with E-state index in [1.54, 1.807) is 4.31 Å². The monoisotopic (exact) mass is 337 g/mol. The fourth-order valence-corrected chi connectivity index (χ4v) is 5.86. The largest absolute Gasteiger partial charge is 0.381 e. The summed E-state index contributed by atoms with van der Waals surface area (Å²) in [5, 5.41) is 0. The number of rotatable bonds is 4. The Morgan fingerprint density at radius 3 is 2.78 bits per heavy atom. The third kappa shape index (κ3) is 3.62. The second-order valence-electron chi connectivity index (χ2n) is 6.92. The van der Waals surface area contributed by atoms with E-state index in [1.165, 1.54) is 16.7 Å². The predicted octanol–water partition coefficient (Wildman–Crippen LogP) is 3.20. The zero-order valence-electron chi connectivity index (χ0n) is 14.1. The molecular formula is C18H27NO3S. The molecule has 2 heterocycles. The summed E-state index contributed by atoms with van der Waals surface area (Å²) in [5.74, 6) is 0.384. The van der Waals surface area contributed by atoms with Crippen LogP contribution in [0, 0.1) is 19.8 Å². The molecule has 1 aromatic carbocycles. The van der Waals surface area contributed by atoms with Crippen molar-refractivity contribution >= 4 is 10.0 Å². The van der Waals surface area contributed by atoms with Crippen molar-refractivity contribution in [2.45, 2.75) is 45.6 Å². The van der Waals surface area contributed by atoms with E-state index in [-0.39, 0.29) is 17.7 Å². The zero-order chi connectivity index (χ0) is 16.4. The summed E-state index contributed by atoms with van der Waals surface area (Å²) in [5.41, 5.74) is 3.63. The van der Waals surface area contributed by atoms with Crippen LogP contribution in [0.15, 0.2) is 18.2 Å². The lowest BCUT2D eigenvalue weighted by Crippen LogP contribution is -2.41. The SMILES string of the molecule is Cc1cccc([C@H]2CCCCN2S(=O)(=O)C[C@@H]2CCOC2)c1C. The van der Waals surface area contributed by atoms with E-state index >= 15 is 0 Å². The first kappa shape index (κ1) is 16.9. The molecule has 2 aliphatic heterocycles. The molecule has 0 unspecified atom stereocenters. The maximum Gasteiger partial charge on any atom is 0.215 e. The van der Waals surface area contributed by atoms with Crippen molar-refractivity contribution in [3.05, 3.63) is 34.9 Å². The minimum atomic E-state index is -3.24. The first-order chi connectivity index (χ1) is 11.0. The average molecular weight is 337 g/mol. The van der Waals surface area contributed by atoms with Crippen LogP contribution in [-0.4, -0.2) is 38.2 Å². The molecule has 2 aliphatic rings. The second-order valence-corrected chi connectivity index (χ2v) is 8.89. The van der Waals surface area contributed by atoms with Crippen molar-refractivity contribution in [3.8, 4) is 0 Å². The predicted molar refractivity (Wildman–Crippen MR) is 91.9 cm³/mol. The molecular weight excluding hydrogens is 310 g/mol. The summed E-state index contributed by atoms with van der Waals surface area (Å²) in [4.78, 5) is 0. The quantitative estimate of drug-likeness (QED) is 0.847. The van der Waals surface area contributed by atoms with Gasteiger partial charge in [-0.25, -0.2) is 8.42 Å². The van der Waals surface area contributed by atoms with Gasteiger partial charge in [0.25, 0.3) is 0 Å². The summed E-state index contributed by atoms with van der Waals surface area (Å²) in [6.07, 6.45) is 3.84. The minimum Gasteiger partial charge on any atom is -0.381 e. The molecule has 0 saturated carbocycles. The van der Waals surface area contributed by atoms with Gasteiger partial charge in [0.05, 0.1) is 12.4 Å². The molecule has 2 fully saturated rings. The van der Waals surface area contributed by atoms with Crippen molar-refractivity contribution in [3.63, 3.8) is 0 Å². The lowest BCUT2D eigenvalue weighted by atomic mass is 9.92. The van der Waals surface area contributed by atoms with Gasteiger partial charge in [-0.15, -0.1) is 0 Å². The number of nitrogens with zero attached hydrogens (tertiary/aromatic N) is 1. The average Bonchev–Trinajstić information content (AvgIpc) is 3.02. The molecule has 0 bridgehead atoms. The van der Waals surface area contributed by atoms with Crippen LogP contribution in [0.1, 0.15) is 48.4 Å². The van der Waals surface area contributed by atoms with Crippen LogP contribution in [0.5, 0.6) is 0 Å². The molecule has 0 aliphatic carbocycles. The van der Waals surface area contributed by atoms with Crippen LogP contribution in [0.4, 0.5) is 0 Å². The van der Waals surface area contributed by atoms with Crippen molar-refractivity contribution in [2.75, 3.05) is 25.5 Å². The maximum absolute atomic E-state index is 13.0. The highest BCUT2D eigenvalue weighted by atomic mass is 32.2. The lowest BCUT2D eigenvalue weighted by Gasteiger charge is -2.36. The van der Waals surface area contributed by atoms with E-state index in [0.29, 0.717) is 19.8 Å². The highest BCUT2D eigenvalue weighted by Gasteiger charge is 2.36. The lowest BCUT2D eigenvalue weighted by molar-refractivity contribution is 0.188. The molecule has 5 heteroatoms. The van der Waals surface area contributed by atoms with Gasteiger partial charge in [-0.05, 0) is 55.7 Å². The second kappa shape index (κ2) is 6.91. The molecule has 0 amide bonds. The summed E-state index contributed by atoms with van der Waals surface area (Å²) in [6.45, 7) is 6.13. The van der Waals surface area contributed by atoms with E-state index in [1.807, 2.05) is 6.07 Å². The molecule has 0 radical (unpaired) electrons. The van der Waals surface area contributed by atoms with Gasteiger partial charge in [-0.3, -0.25) is 0 Å². The van der Waals surface area contributed by atoms with Crippen LogP contribution in [-0.2, 0) is 14.8 Å². The topological polar surface area (TPSA) is 46.6 Å². The first-order valence-electron chi connectivity index (χ1n) is 8.62. The molecule has 3 rings (SSSR count). The smallest absolute Gasteiger partial charge is 0.215 e. The van der Waals surface area contributed by atoms with Crippen molar-refractivity contribution in [2.24, 2.45) is 5.92 Å². The fourth-order valence-electron chi connectivity index (χ4n) is 3.79. The fraction of sp³-hybridized carbons (Fsp3) is 0.667. The number of hydrogen-bond acceptors (Lipinski definition) is 3. The molecule has 2 atom stereocenters. The number of ether oxygens (including phenoxy) is 1. The van der Waals surface area contributed by atoms with Gasteiger partial charge in [-0.2, -0.15) is 4.31 Å². The van der Waals surface area contributed by atoms with Crippen molar-refractivity contribution < 1.29 is 13.2 Å². The van der Waals surface area contributed by atoms with Gasteiger partial charge in [0.15, 0.2) is 0 Å². The van der Waals surface area contributed by atoms with Crippen LogP contribution < -0.4 is 0 Å². The molecule has 0 aromatic heterocycles. The van der Waals surface area contributed by atoms with Gasteiger partial charge in [0.1, 0.15) is 0 Å². The van der Waals surface area contributed by atoms with E-state index < -0.39 is 10.0 Å². The Morgan fingerprint density at radius 1 is 1.22 bits per heavy atom. The standard InChI is InChI=1S/C18H27NO3S/c1-14-6-5-7-17(15(14)2)18-8-3-4-10-19(18)23(20,21)13-16-9-11-22-12-16/h5-7,16,18H,3-4,8-13H2,1-2H3/t16-,18-/m1/s1. The van der Waals surface area contributed by atoms with Crippen LogP contribution in [0.3, 0.4) is 0 Å². The third-order valence-electron chi connectivity index (χ3n) is 5.29. The summed E-state index contributed by atoms with van der Waals surface area (Å²) in [7, 11) is -3.24. The van der Waals surface area contributed by atoms with Gasteiger partial charge in [0.2, 0.25) is 10.0 Å². The number of benzene rings is 1. The first-order valence-corrected chi connectivity index (χ1v) is 10.2. The van der Waals surface area contributed by atoms with Crippen molar-refractivity contribution in [1.82, 2.24) is 4.31 Å². The van der Waals surface area contributed by atoms with Crippen molar-refractivity contribution in [1.29, 1.82) is 0 Å². The Kier molecular flexibility index (Phi) is 5.09. The zero-order valence-corrected chi connectivity index (χ0v) is 14.9. The highest BCUT2D eigenvalue weighted by molar-refractivity contribution is 7.89. The number of sulfonamides is 1. The summed E-state index contributed by atoms with van der Waals surface area (Å²) >= 11 is 0. The van der Waals surface area contributed by atoms with Crippen LogP contribution in [0.2, 0.25) is 0 Å². The van der Waals surface area contributed by atoms with Gasteiger partial charge in [-0.1, -0.05) is 24.6 Å². The minimum absolute atomic E-state index is 0.00373. The van der Waals surface area contributed by atoms with E-state index in [0.717, 1.165) is 25.7 Å². The Hall–Kier alpha value is -0.910. The number of hydrogen-bond donors (Lipinski definition) is 0. The number of piperidine rings is 1. The Bertz CT molecular complexity index is 650. The van der Waals surface area contributed by atoms with Gasteiger partial charge in [0, 0.05) is 19.2 Å². The summed E-state index contributed by atoms with van der Waals surface area (Å²) < 4.78 is 33.1. The van der Waals surface area contributed by atoms with Crippen LogP contribution >= 0.6 is 0 Å². The molecule has 23 heavy (non-hydrogen) atoms. The highest BCUT2D eigenvalue weighted by Crippen LogP contribution is 2.36. The Labute approximate surface area is 139 Å².